The molecule has 0 radical (unpaired) electrons. The van der Waals surface area contributed by atoms with Gasteiger partial charge in [0.05, 0.1) is 5.92 Å². The van der Waals surface area contributed by atoms with Crippen molar-refractivity contribution in [1.29, 1.82) is 0 Å². The second-order valence-electron chi connectivity index (χ2n) is 4.62. The molecule has 14 heavy (non-hydrogen) atoms. The summed E-state index contributed by atoms with van der Waals surface area (Å²) < 4.78 is 0. The molecule has 80 valence electrons. The molecule has 1 fully saturated rings. The fraction of sp³-hybridized carbons (Fsp3) is 0.833. The van der Waals surface area contributed by atoms with Gasteiger partial charge in [0, 0.05) is 12.3 Å². The Kier molecular flexibility index (Phi) is 3.85. The maximum atomic E-state index is 11.7. The Balaban J connectivity index is 2.65. The van der Waals surface area contributed by atoms with Crippen LogP contribution in [0.3, 0.4) is 0 Å². The number of carbonyl (C=O) groups is 2. The predicted molar refractivity (Wildman–Crippen MR) is 56.0 cm³/mol. The Bertz CT molecular complexity index is 230. The lowest BCUT2D eigenvalue weighted by Crippen LogP contribution is -2.33. The highest BCUT2D eigenvalue weighted by molar-refractivity contribution is 6.03. The van der Waals surface area contributed by atoms with Crippen molar-refractivity contribution >= 4 is 11.6 Å². The van der Waals surface area contributed by atoms with E-state index in [1.807, 2.05) is 13.8 Å². The van der Waals surface area contributed by atoms with Crippen molar-refractivity contribution in [1.82, 2.24) is 0 Å². The van der Waals surface area contributed by atoms with E-state index in [0.29, 0.717) is 12.3 Å². The first kappa shape index (κ1) is 11.4. The first-order chi connectivity index (χ1) is 6.56. The van der Waals surface area contributed by atoms with E-state index in [4.69, 9.17) is 0 Å². The molecule has 0 bridgehead atoms. The molecule has 0 aromatic carbocycles. The molecule has 2 unspecified atom stereocenters. The SMILES string of the molecule is CCC1CCC(=O)C(C(=O)C(C)C)C1. The van der Waals surface area contributed by atoms with Crippen molar-refractivity contribution in [3.63, 3.8) is 0 Å². The number of hydrogen-bond donors (Lipinski definition) is 0. The third kappa shape index (κ3) is 2.43. The number of Topliss-reactive ketones (excluding diaryl/α,β-unsaturated/α-hetero) is 2. The van der Waals surface area contributed by atoms with Crippen LogP contribution in [0.1, 0.15) is 46.5 Å². The molecule has 0 aromatic heterocycles. The van der Waals surface area contributed by atoms with Crippen LogP contribution < -0.4 is 0 Å². The van der Waals surface area contributed by atoms with Gasteiger partial charge in [-0.1, -0.05) is 27.2 Å². The van der Waals surface area contributed by atoms with Crippen molar-refractivity contribution < 1.29 is 9.59 Å². The van der Waals surface area contributed by atoms with Crippen LogP contribution in [0, 0.1) is 17.8 Å². The van der Waals surface area contributed by atoms with Gasteiger partial charge in [0.2, 0.25) is 0 Å². The van der Waals surface area contributed by atoms with Crippen LogP contribution in [-0.2, 0) is 9.59 Å². The molecule has 1 aliphatic carbocycles. The van der Waals surface area contributed by atoms with Crippen molar-refractivity contribution in [2.45, 2.75) is 46.5 Å². The lowest BCUT2D eigenvalue weighted by molar-refractivity contribution is -0.137. The molecule has 2 heteroatoms. The minimum atomic E-state index is -0.284. The fourth-order valence-corrected chi connectivity index (χ4v) is 2.15. The highest BCUT2D eigenvalue weighted by atomic mass is 16.2. The smallest absolute Gasteiger partial charge is 0.145 e. The Labute approximate surface area is 86.1 Å². The normalized spacial score (nSPS) is 28.1. The van der Waals surface area contributed by atoms with Gasteiger partial charge >= 0.3 is 0 Å². The number of ketones is 2. The van der Waals surface area contributed by atoms with Crippen LogP contribution in [0.5, 0.6) is 0 Å². The fourth-order valence-electron chi connectivity index (χ4n) is 2.15. The summed E-state index contributed by atoms with van der Waals surface area (Å²) in [6.45, 7) is 5.90. The molecule has 0 saturated heterocycles. The van der Waals surface area contributed by atoms with Crippen LogP contribution in [0.4, 0.5) is 0 Å². The van der Waals surface area contributed by atoms with Crippen LogP contribution in [-0.4, -0.2) is 11.6 Å². The summed E-state index contributed by atoms with van der Waals surface area (Å²) in [5.74, 6) is 0.621. The second kappa shape index (κ2) is 4.72. The molecule has 1 rings (SSSR count). The van der Waals surface area contributed by atoms with E-state index in [-0.39, 0.29) is 23.4 Å². The molecule has 0 amide bonds. The maximum absolute atomic E-state index is 11.7. The van der Waals surface area contributed by atoms with E-state index >= 15 is 0 Å². The summed E-state index contributed by atoms with van der Waals surface area (Å²) in [7, 11) is 0. The highest BCUT2D eigenvalue weighted by Gasteiger charge is 2.33. The summed E-state index contributed by atoms with van der Waals surface area (Å²) in [5, 5.41) is 0. The Morgan fingerprint density at radius 1 is 1.50 bits per heavy atom. The zero-order valence-electron chi connectivity index (χ0n) is 9.38. The highest BCUT2D eigenvalue weighted by Crippen LogP contribution is 2.30. The topological polar surface area (TPSA) is 34.1 Å². The van der Waals surface area contributed by atoms with Crippen LogP contribution in [0.2, 0.25) is 0 Å². The van der Waals surface area contributed by atoms with Gasteiger partial charge in [-0.3, -0.25) is 9.59 Å². The molecule has 1 aliphatic rings. The molecule has 0 aromatic rings. The lowest BCUT2D eigenvalue weighted by Gasteiger charge is -2.27. The summed E-state index contributed by atoms with van der Waals surface area (Å²) in [4.78, 5) is 23.3. The lowest BCUT2D eigenvalue weighted by atomic mass is 9.75. The van der Waals surface area contributed by atoms with Gasteiger partial charge in [0.1, 0.15) is 11.6 Å². The Hall–Kier alpha value is -0.660. The predicted octanol–water partition coefficient (Wildman–Crippen LogP) is 2.61. The van der Waals surface area contributed by atoms with Crippen LogP contribution >= 0.6 is 0 Å². The molecular weight excluding hydrogens is 176 g/mol. The summed E-state index contributed by atoms with van der Waals surface area (Å²) in [5.41, 5.74) is 0. The molecule has 0 N–H and O–H groups in total. The molecule has 0 spiro atoms. The zero-order valence-corrected chi connectivity index (χ0v) is 9.38. The molecule has 0 heterocycles. The van der Waals surface area contributed by atoms with Gasteiger partial charge < -0.3 is 0 Å². The Morgan fingerprint density at radius 2 is 2.14 bits per heavy atom. The average molecular weight is 196 g/mol. The van der Waals surface area contributed by atoms with E-state index in [2.05, 4.69) is 6.92 Å². The van der Waals surface area contributed by atoms with E-state index in [1.165, 1.54) is 0 Å². The van der Waals surface area contributed by atoms with Gasteiger partial charge in [0.15, 0.2) is 0 Å². The van der Waals surface area contributed by atoms with E-state index < -0.39 is 0 Å². The minimum absolute atomic E-state index is 0.000411. The molecular formula is C12H20O2. The standard InChI is InChI=1S/C12H20O2/c1-4-9-5-6-11(13)10(7-9)12(14)8(2)3/h8-10H,4-7H2,1-3H3. The van der Waals surface area contributed by atoms with Crippen molar-refractivity contribution in [2.24, 2.45) is 17.8 Å². The van der Waals surface area contributed by atoms with Crippen LogP contribution in [0.25, 0.3) is 0 Å². The molecule has 2 atom stereocenters. The number of carbonyl (C=O) groups excluding carboxylic acids is 2. The third-order valence-corrected chi connectivity index (χ3v) is 3.25. The van der Waals surface area contributed by atoms with Crippen LogP contribution in [0.15, 0.2) is 0 Å². The number of rotatable bonds is 3. The zero-order chi connectivity index (χ0) is 10.7. The average Bonchev–Trinajstić information content (AvgIpc) is 2.17. The quantitative estimate of drug-likeness (QED) is 0.650. The molecule has 0 aliphatic heterocycles. The maximum Gasteiger partial charge on any atom is 0.145 e. The second-order valence-corrected chi connectivity index (χ2v) is 4.62. The van der Waals surface area contributed by atoms with E-state index in [9.17, 15) is 9.59 Å². The summed E-state index contributed by atoms with van der Waals surface area (Å²) in [6, 6.07) is 0. The van der Waals surface area contributed by atoms with E-state index in [1.54, 1.807) is 0 Å². The largest absolute Gasteiger partial charge is 0.299 e. The van der Waals surface area contributed by atoms with Gasteiger partial charge in [-0.15, -0.1) is 0 Å². The van der Waals surface area contributed by atoms with Crippen molar-refractivity contribution in [3.8, 4) is 0 Å². The summed E-state index contributed by atoms with van der Waals surface area (Å²) in [6.07, 6.45) is 3.49. The van der Waals surface area contributed by atoms with Crippen molar-refractivity contribution in [2.75, 3.05) is 0 Å². The summed E-state index contributed by atoms with van der Waals surface area (Å²) >= 11 is 0. The number of hydrogen-bond acceptors (Lipinski definition) is 2. The molecule has 1 saturated carbocycles. The minimum Gasteiger partial charge on any atom is -0.299 e. The van der Waals surface area contributed by atoms with E-state index in [0.717, 1.165) is 19.3 Å². The van der Waals surface area contributed by atoms with Gasteiger partial charge in [-0.25, -0.2) is 0 Å². The third-order valence-electron chi connectivity index (χ3n) is 3.25. The van der Waals surface area contributed by atoms with Gasteiger partial charge in [-0.05, 0) is 18.8 Å². The first-order valence-corrected chi connectivity index (χ1v) is 5.62. The van der Waals surface area contributed by atoms with Gasteiger partial charge in [-0.2, -0.15) is 0 Å². The monoisotopic (exact) mass is 196 g/mol. The molecule has 2 nitrogen and oxygen atoms in total. The van der Waals surface area contributed by atoms with Crippen molar-refractivity contribution in [3.05, 3.63) is 0 Å². The van der Waals surface area contributed by atoms with Gasteiger partial charge in [0.25, 0.3) is 0 Å². The first-order valence-electron chi connectivity index (χ1n) is 5.62. The Morgan fingerprint density at radius 3 is 2.64 bits per heavy atom.